The van der Waals surface area contributed by atoms with Gasteiger partial charge in [-0.25, -0.2) is 9.37 Å². The van der Waals surface area contributed by atoms with Crippen LogP contribution in [0, 0.1) is 5.82 Å². The van der Waals surface area contributed by atoms with Crippen LogP contribution in [0.5, 0.6) is 11.5 Å². The fraction of sp³-hybridized carbons (Fsp3) is 0. The van der Waals surface area contributed by atoms with Crippen LogP contribution in [0.25, 0.3) is 11.3 Å². The average Bonchev–Trinajstić information content (AvgIpc) is 3.18. The highest BCUT2D eigenvalue weighted by Gasteiger charge is 2.11. The smallest absolute Gasteiger partial charge is 0.257 e. The number of anilines is 1. The normalized spacial score (nSPS) is 10.5. The zero-order valence-electron chi connectivity index (χ0n) is 14.6. The number of rotatable bonds is 5. The summed E-state index contributed by atoms with van der Waals surface area (Å²) >= 11 is 1.31. The van der Waals surface area contributed by atoms with Gasteiger partial charge in [0.05, 0.1) is 5.69 Å². The van der Waals surface area contributed by atoms with E-state index in [9.17, 15) is 9.18 Å². The lowest BCUT2D eigenvalue weighted by Gasteiger charge is -2.05. The van der Waals surface area contributed by atoms with Crippen LogP contribution in [0.1, 0.15) is 10.4 Å². The summed E-state index contributed by atoms with van der Waals surface area (Å²) in [4.78, 5) is 16.6. The molecule has 0 aliphatic rings. The first-order valence-corrected chi connectivity index (χ1v) is 9.41. The molecule has 0 radical (unpaired) electrons. The Hall–Kier alpha value is -3.51. The summed E-state index contributed by atoms with van der Waals surface area (Å²) in [6.45, 7) is 0. The summed E-state index contributed by atoms with van der Waals surface area (Å²) in [7, 11) is 0. The molecule has 4 nitrogen and oxygen atoms in total. The van der Waals surface area contributed by atoms with E-state index in [0.29, 0.717) is 5.13 Å². The summed E-state index contributed by atoms with van der Waals surface area (Å²) < 4.78 is 19.0. The number of nitrogens with zero attached hydrogens (tertiary/aromatic N) is 1. The van der Waals surface area contributed by atoms with Crippen molar-refractivity contribution in [3.8, 4) is 22.8 Å². The molecule has 0 bridgehead atoms. The summed E-state index contributed by atoms with van der Waals surface area (Å²) in [5.41, 5.74) is 1.90. The van der Waals surface area contributed by atoms with Crippen molar-refractivity contribution in [1.82, 2.24) is 4.98 Å². The van der Waals surface area contributed by atoms with E-state index in [1.54, 1.807) is 6.07 Å². The minimum Gasteiger partial charge on any atom is -0.457 e. The highest BCUT2D eigenvalue weighted by atomic mass is 32.1. The molecule has 0 saturated carbocycles. The van der Waals surface area contributed by atoms with Crippen molar-refractivity contribution in [2.75, 3.05) is 5.32 Å². The molecular weight excluding hydrogens is 375 g/mol. The molecule has 3 aromatic carbocycles. The van der Waals surface area contributed by atoms with Crippen molar-refractivity contribution in [2.45, 2.75) is 0 Å². The molecule has 1 amide bonds. The molecule has 0 aliphatic heterocycles. The number of thiazole rings is 1. The molecular formula is C22H15FN2O2S. The number of carbonyl (C=O) groups excluding carboxylic acids is 1. The van der Waals surface area contributed by atoms with Gasteiger partial charge in [-0.1, -0.05) is 24.3 Å². The van der Waals surface area contributed by atoms with Crippen molar-refractivity contribution in [2.24, 2.45) is 0 Å². The van der Waals surface area contributed by atoms with Gasteiger partial charge >= 0.3 is 0 Å². The second-order valence-electron chi connectivity index (χ2n) is 5.94. The van der Waals surface area contributed by atoms with Crippen LogP contribution >= 0.6 is 11.3 Å². The van der Waals surface area contributed by atoms with Crippen LogP contribution in [-0.4, -0.2) is 10.9 Å². The van der Waals surface area contributed by atoms with Crippen LogP contribution < -0.4 is 10.1 Å². The number of hydrogen-bond acceptors (Lipinski definition) is 4. The van der Waals surface area contributed by atoms with Gasteiger partial charge in [-0.05, 0) is 54.6 Å². The standard InChI is InChI=1S/C22H15FN2O2S/c23-17-6-4-5-16(13-17)21(26)25-22-24-20(14-28-22)15-9-11-19(12-10-15)27-18-7-2-1-3-8-18/h1-14H,(H,24,25,26). The Bertz CT molecular complexity index is 1090. The van der Waals surface area contributed by atoms with Gasteiger partial charge in [0.2, 0.25) is 0 Å². The van der Waals surface area contributed by atoms with Crippen molar-refractivity contribution in [3.05, 3.63) is 95.6 Å². The third-order valence-corrected chi connectivity index (χ3v) is 4.70. The van der Waals surface area contributed by atoms with Crippen LogP contribution in [0.3, 0.4) is 0 Å². The van der Waals surface area contributed by atoms with Gasteiger partial charge in [0.25, 0.3) is 5.91 Å². The number of aromatic nitrogens is 1. The molecule has 4 rings (SSSR count). The highest BCUT2D eigenvalue weighted by molar-refractivity contribution is 7.14. The molecule has 1 heterocycles. The molecule has 0 saturated heterocycles. The molecule has 0 aliphatic carbocycles. The van der Waals surface area contributed by atoms with Crippen LogP contribution in [0.2, 0.25) is 0 Å². The summed E-state index contributed by atoms with van der Waals surface area (Å²) in [6, 6.07) is 22.6. The van der Waals surface area contributed by atoms with E-state index in [2.05, 4.69) is 10.3 Å². The zero-order valence-corrected chi connectivity index (χ0v) is 15.4. The van der Waals surface area contributed by atoms with E-state index in [1.807, 2.05) is 60.0 Å². The number of halogens is 1. The Labute approximate surface area is 165 Å². The van der Waals surface area contributed by atoms with Gasteiger partial charge in [0, 0.05) is 16.5 Å². The van der Waals surface area contributed by atoms with E-state index in [1.165, 1.54) is 29.5 Å². The Morgan fingerprint density at radius 1 is 0.929 bits per heavy atom. The average molecular weight is 390 g/mol. The molecule has 1 aromatic heterocycles. The van der Waals surface area contributed by atoms with Crippen LogP contribution in [0.15, 0.2) is 84.2 Å². The summed E-state index contributed by atoms with van der Waals surface area (Å²) in [5, 5.41) is 5.00. The predicted octanol–water partition coefficient (Wildman–Crippen LogP) is 5.99. The number of amides is 1. The van der Waals surface area contributed by atoms with Gasteiger partial charge < -0.3 is 4.74 Å². The minimum absolute atomic E-state index is 0.249. The number of benzene rings is 3. The Morgan fingerprint density at radius 3 is 2.43 bits per heavy atom. The Kier molecular flexibility index (Phi) is 5.12. The predicted molar refractivity (Wildman–Crippen MR) is 108 cm³/mol. The first-order chi connectivity index (χ1) is 13.7. The summed E-state index contributed by atoms with van der Waals surface area (Å²) in [5.74, 6) is 0.647. The third-order valence-electron chi connectivity index (χ3n) is 3.94. The van der Waals surface area contributed by atoms with Gasteiger partial charge in [0.15, 0.2) is 5.13 Å². The van der Waals surface area contributed by atoms with E-state index < -0.39 is 11.7 Å². The molecule has 138 valence electrons. The van der Waals surface area contributed by atoms with Crippen molar-refractivity contribution in [3.63, 3.8) is 0 Å². The van der Waals surface area contributed by atoms with Gasteiger partial charge in [0.1, 0.15) is 17.3 Å². The third kappa shape index (κ3) is 4.24. The number of ether oxygens (including phenoxy) is 1. The molecule has 0 fully saturated rings. The second-order valence-corrected chi connectivity index (χ2v) is 6.80. The first kappa shape index (κ1) is 17.9. The molecule has 6 heteroatoms. The van der Waals surface area contributed by atoms with Gasteiger partial charge in [-0.2, -0.15) is 0 Å². The number of para-hydroxylation sites is 1. The molecule has 0 atom stereocenters. The number of hydrogen-bond donors (Lipinski definition) is 1. The van der Waals surface area contributed by atoms with Crippen molar-refractivity contribution < 1.29 is 13.9 Å². The van der Waals surface area contributed by atoms with E-state index >= 15 is 0 Å². The number of carbonyl (C=O) groups is 1. The molecule has 4 aromatic rings. The fourth-order valence-corrected chi connectivity index (χ4v) is 3.30. The SMILES string of the molecule is O=C(Nc1nc(-c2ccc(Oc3ccccc3)cc2)cs1)c1cccc(F)c1. The first-order valence-electron chi connectivity index (χ1n) is 8.53. The molecule has 0 unspecified atom stereocenters. The Morgan fingerprint density at radius 2 is 1.68 bits per heavy atom. The van der Waals surface area contributed by atoms with Gasteiger partial charge in [-0.3, -0.25) is 10.1 Å². The maximum Gasteiger partial charge on any atom is 0.257 e. The minimum atomic E-state index is -0.453. The topological polar surface area (TPSA) is 51.2 Å². The lowest BCUT2D eigenvalue weighted by atomic mass is 10.2. The Balaban J connectivity index is 1.44. The van der Waals surface area contributed by atoms with E-state index in [-0.39, 0.29) is 5.56 Å². The van der Waals surface area contributed by atoms with Gasteiger partial charge in [-0.15, -0.1) is 11.3 Å². The quantitative estimate of drug-likeness (QED) is 0.455. The van der Waals surface area contributed by atoms with E-state index in [4.69, 9.17) is 4.74 Å². The maximum atomic E-state index is 13.3. The maximum absolute atomic E-state index is 13.3. The molecule has 0 spiro atoms. The zero-order chi connectivity index (χ0) is 19.3. The lowest BCUT2D eigenvalue weighted by Crippen LogP contribution is -2.11. The lowest BCUT2D eigenvalue weighted by molar-refractivity contribution is 0.102. The number of nitrogens with one attached hydrogen (secondary N) is 1. The van der Waals surface area contributed by atoms with E-state index in [0.717, 1.165) is 22.8 Å². The van der Waals surface area contributed by atoms with Crippen LogP contribution in [-0.2, 0) is 0 Å². The summed E-state index contributed by atoms with van der Waals surface area (Å²) in [6.07, 6.45) is 0. The molecule has 1 N–H and O–H groups in total. The largest absolute Gasteiger partial charge is 0.457 e. The van der Waals surface area contributed by atoms with Crippen LogP contribution in [0.4, 0.5) is 9.52 Å². The molecule has 28 heavy (non-hydrogen) atoms. The van der Waals surface area contributed by atoms with Crippen molar-refractivity contribution >= 4 is 22.4 Å². The van der Waals surface area contributed by atoms with Crippen molar-refractivity contribution in [1.29, 1.82) is 0 Å². The fourth-order valence-electron chi connectivity index (χ4n) is 2.58. The highest BCUT2D eigenvalue weighted by Crippen LogP contribution is 2.28. The second kappa shape index (κ2) is 8.02. The monoisotopic (exact) mass is 390 g/mol.